The molecule has 0 radical (unpaired) electrons. The van der Waals surface area contributed by atoms with Crippen LogP contribution < -0.4 is 0 Å². The molecule has 1 nitrogen and oxygen atoms in total. The van der Waals surface area contributed by atoms with Crippen molar-refractivity contribution in [3.05, 3.63) is 12.3 Å². The largest absolute Gasteiger partial charge is 0.298 e. The first kappa shape index (κ1) is 16.6. The third-order valence-electron chi connectivity index (χ3n) is 3.86. The van der Waals surface area contributed by atoms with Crippen molar-refractivity contribution in [3.63, 3.8) is 0 Å². The van der Waals surface area contributed by atoms with Gasteiger partial charge in [0, 0.05) is 6.54 Å². The van der Waals surface area contributed by atoms with E-state index in [1.165, 1.54) is 50.2 Å². The summed E-state index contributed by atoms with van der Waals surface area (Å²) >= 11 is 0. The molecule has 2 heteroatoms. The monoisotopic (exact) mass is 253 g/mol. The molecule has 17 heavy (non-hydrogen) atoms. The van der Waals surface area contributed by atoms with Gasteiger partial charge in [-0.1, -0.05) is 58.5 Å². The van der Waals surface area contributed by atoms with Crippen LogP contribution in [0.2, 0.25) is 18.1 Å². The SMILES string of the molecule is C=C[Si](CC)(CC)CC=NCCCCCCC. The Balaban J connectivity index is 3.68. The van der Waals surface area contributed by atoms with Crippen LogP contribution in [-0.2, 0) is 0 Å². The average molecular weight is 254 g/mol. The quantitative estimate of drug-likeness (QED) is 0.271. The van der Waals surface area contributed by atoms with Crippen molar-refractivity contribution in [1.29, 1.82) is 0 Å². The van der Waals surface area contributed by atoms with Gasteiger partial charge < -0.3 is 0 Å². The highest BCUT2D eigenvalue weighted by atomic mass is 28.3. The highest BCUT2D eigenvalue weighted by molar-refractivity contribution is 6.86. The number of rotatable bonds is 11. The van der Waals surface area contributed by atoms with Crippen LogP contribution >= 0.6 is 0 Å². The van der Waals surface area contributed by atoms with E-state index in [-0.39, 0.29) is 0 Å². The molecule has 0 aliphatic carbocycles. The number of hydrogen-bond donors (Lipinski definition) is 0. The minimum absolute atomic E-state index is 1.03. The predicted molar refractivity (Wildman–Crippen MR) is 83.8 cm³/mol. The van der Waals surface area contributed by atoms with Gasteiger partial charge in [-0.3, -0.25) is 4.99 Å². The van der Waals surface area contributed by atoms with Gasteiger partial charge in [0.2, 0.25) is 0 Å². The van der Waals surface area contributed by atoms with Crippen molar-refractivity contribution < 1.29 is 0 Å². The second kappa shape index (κ2) is 10.8. The van der Waals surface area contributed by atoms with Gasteiger partial charge in [0.15, 0.2) is 0 Å². The smallest absolute Gasteiger partial charge is 0.0817 e. The molecule has 100 valence electrons. The van der Waals surface area contributed by atoms with Crippen LogP contribution in [0.3, 0.4) is 0 Å². The number of hydrogen-bond acceptors (Lipinski definition) is 1. The van der Waals surface area contributed by atoms with Crippen molar-refractivity contribution in [2.75, 3.05) is 6.54 Å². The van der Waals surface area contributed by atoms with E-state index in [1.807, 2.05) is 0 Å². The zero-order valence-electron chi connectivity index (χ0n) is 12.2. The Hall–Kier alpha value is -0.373. The molecule has 0 aliphatic rings. The molecule has 0 aromatic heterocycles. The second-order valence-electron chi connectivity index (χ2n) is 4.98. The molecule has 0 fully saturated rings. The Morgan fingerprint density at radius 1 is 1.00 bits per heavy atom. The average Bonchev–Trinajstić information content (AvgIpc) is 2.38. The lowest BCUT2D eigenvalue weighted by molar-refractivity contribution is 0.639. The van der Waals surface area contributed by atoms with Gasteiger partial charge in [0.1, 0.15) is 0 Å². The second-order valence-corrected chi connectivity index (χ2v) is 9.94. The fourth-order valence-electron chi connectivity index (χ4n) is 2.05. The first-order valence-corrected chi connectivity index (χ1v) is 10.1. The summed E-state index contributed by atoms with van der Waals surface area (Å²) in [6.07, 6.45) is 8.86. The highest BCUT2D eigenvalue weighted by Crippen LogP contribution is 2.20. The van der Waals surface area contributed by atoms with E-state index >= 15 is 0 Å². The topological polar surface area (TPSA) is 12.4 Å². The third-order valence-corrected chi connectivity index (χ3v) is 8.54. The summed E-state index contributed by atoms with van der Waals surface area (Å²) in [5.74, 6) is 0. The highest BCUT2D eigenvalue weighted by Gasteiger charge is 2.23. The van der Waals surface area contributed by atoms with Gasteiger partial charge in [-0.25, -0.2) is 0 Å². The van der Waals surface area contributed by atoms with Gasteiger partial charge in [-0.2, -0.15) is 0 Å². The molecule has 0 spiro atoms. The number of unbranched alkanes of at least 4 members (excludes halogenated alkanes) is 4. The van der Waals surface area contributed by atoms with Crippen LogP contribution in [0.5, 0.6) is 0 Å². The summed E-state index contributed by atoms with van der Waals surface area (Å²) in [5, 5.41) is 0. The molecule has 0 aliphatic heterocycles. The van der Waals surface area contributed by atoms with E-state index in [4.69, 9.17) is 0 Å². The van der Waals surface area contributed by atoms with Crippen LogP contribution in [0, 0.1) is 0 Å². The van der Waals surface area contributed by atoms with E-state index in [0.717, 1.165) is 6.54 Å². The normalized spacial score (nSPS) is 12.2. The summed E-state index contributed by atoms with van der Waals surface area (Å²) < 4.78 is 0. The standard InChI is InChI=1S/C15H31NSi/c1-5-9-10-11-12-13-16-14-15-17(6-2,7-3)8-4/h6,14H,2,5,7-13,15H2,1,3-4H3. The molecule has 0 saturated heterocycles. The molecule has 0 aromatic rings. The van der Waals surface area contributed by atoms with Crippen LogP contribution in [-0.4, -0.2) is 20.8 Å². The fraction of sp³-hybridized carbons (Fsp3) is 0.800. The lowest BCUT2D eigenvalue weighted by Crippen LogP contribution is -2.29. The molecular formula is C15H31NSi. The van der Waals surface area contributed by atoms with E-state index in [9.17, 15) is 0 Å². The predicted octanol–water partition coefficient (Wildman–Crippen LogP) is 5.24. The van der Waals surface area contributed by atoms with Gasteiger partial charge in [-0.05, 0) is 18.7 Å². The van der Waals surface area contributed by atoms with Gasteiger partial charge >= 0.3 is 0 Å². The molecule has 0 saturated carbocycles. The summed E-state index contributed by atoms with van der Waals surface area (Å²) in [4.78, 5) is 4.56. The van der Waals surface area contributed by atoms with Crippen molar-refractivity contribution in [2.24, 2.45) is 4.99 Å². The summed E-state index contributed by atoms with van der Waals surface area (Å²) in [6, 6.07) is 3.80. The van der Waals surface area contributed by atoms with Gasteiger partial charge in [-0.15, -0.1) is 12.3 Å². The Kier molecular flexibility index (Phi) is 10.5. The van der Waals surface area contributed by atoms with Crippen LogP contribution in [0.1, 0.15) is 52.9 Å². The molecule has 0 N–H and O–H groups in total. The lowest BCUT2D eigenvalue weighted by atomic mass is 10.2. The zero-order chi connectivity index (χ0) is 13.0. The molecule has 0 bridgehead atoms. The van der Waals surface area contributed by atoms with Crippen LogP contribution in [0.4, 0.5) is 0 Å². The molecule has 0 aromatic carbocycles. The third kappa shape index (κ3) is 7.53. The summed E-state index contributed by atoms with van der Waals surface area (Å²) in [5.41, 5.74) is 2.25. The minimum atomic E-state index is -1.18. The Bertz CT molecular complexity index is 207. The van der Waals surface area contributed by atoms with Crippen molar-refractivity contribution in [1.82, 2.24) is 0 Å². The van der Waals surface area contributed by atoms with Crippen molar-refractivity contribution in [2.45, 2.75) is 71.0 Å². The summed E-state index contributed by atoms with van der Waals surface area (Å²) in [6.45, 7) is 11.9. The van der Waals surface area contributed by atoms with E-state index < -0.39 is 8.07 Å². The van der Waals surface area contributed by atoms with Crippen LogP contribution in [0.25, 0.3) is 0 Å². The molecule has 0 rings (SSSR count). The summed E-state index contributed by atoms with van der Waals surface area (Å²) in [7, 11) is -1.18. The molecule has 0 atom stereocenters. The van der Waals surface area contributed by atoms with E-state index in [1.54, 1.807) is 0 Å². The Labute approximate surface area is 109 Å². The maximum atomic E-state index is 4.56. The fourth-order valence-corrected chi connectivity index (χ4v) is 4.37. The minimum Gasteiger partial charge on any atom is -0.298 e. The van der Waals surface area contributed by atoms with Crippen molar-refractivity contribution in [3.8, 4) is 0 Å². The number of aliphatic imine (C=N–C) groups is 1. The van der Waals surface area contributed by atoms with E-state index in [0.29, 0.717) is 0 Å². The van der Waals surface area contributed by atoms with Gasteiger partial charge in [0.05, 0.1) is 8.07 Å². The van der Waals surface area contributed by atoms with Crippen molar-refractivity contribution >= 4 is 14.3 Å². The first-order valence-electron chi connectivity index (χ1n) is 7.36. The Morgan fingerprint density at radius 2 is 1.65 bits per heavy atom. The Morgan fingerprint density at radius 3 is 2.18 bits per heavy atom. The van der Waals surface area contributed by atoms with Gasteiger partial charge in [0.25, 0.3) is 0 Å². The molecule has 0 amide bonds. The van der Waals surface area contributed by atoms with E-state index in [2.05, 4.69) is 44.3 Å². The molecule has 0 unspecified atom stereocenters. The maximum absolute atomic E-state index is 4.56. The van der Waals surface area contributed by atoms with Crippen LogP contribution in [0.15, 0.2) is 17.3 Å². The number of nitrogens with zero attached hydrogens (tertiary/aromatic N) is 1. The maximum Gasteiger partial charge on any atom is 0.0817 e. The zero-order valence-corrected chi connectivity index (χ0v) is 13.2. The first-order chi connectivity index (χ1) is 8.24. The lowest BCUT2D eigenvalue weighted by Gasteiger charge is -2.22. The molecule has 0 heterocycles. The molecular weight excluding hydrogens is 222 g/mol.